The van der Waals surface area contributed by atoms with Crippen LogP contribution in [0.2, 0.25) is 0 Å². The van der Waals surface area contributed by atoms with E-state index in [0.29, 0.717) is 11.3 Å². The summed E-state index contributed by atoms with van der Waals surface area (Å²) >= 11 is 3.26. The van der Waals surface area contributed by atoms with Gasteiger partial charge in [-0.25, -0.2) is 14.5 Å². The Morgan fingerprint density at radius 2 is 2.33 bits per heavy atom. The Morgan fingerprint density at radius 3 is 2.93 bits per heavy atom. The van der Waals surface area contributed by atoms with Gasteiger partial charge in [-0.2, -0.15) is 10.4 Å². The second-order valence-electron chi connectivity index (χ2n) is 2.80. The SMILES string of the molecule is N#Cc1cc(Br)ccc1-n1cn[nH]c1=O. The molecule has 1 aromatic carbocycles. The first-order chi connectivity index (χ1) is 7.22. The number of H-pyrrole nitrogens is 1. The predicted octanol–water partition coefficient (Wildman–Crippen LogP) is 1.19. The maximum Gasteiger partial charge on any atom is 0.347 e. The van der Waals surface area contributed by atoms with Crippen LogP contribution in [0, 0.1) is 11.3 Å². The van der Waals surface area contributed by atoms with Crippen molar-refractivity contribution < 1.29 is 0 Å². The number of hydrogen-bond donors (Lipinski definition) is 1. The summed E-state index contributed by atoms with van der Waals surface area (Å²) in [6, 6.07) is 7.11. The molecule has 0 unspecified atom stereocenters. The van der Waals surface area contributed by atoms with Gasteiger partial charge >= 0.3 is 5.69 Å². The fourth-order valence-corrected chi connectivity index (χ4v) is 1.59. The molecule has 2 aromatic rings. The third kappa shape index (κ3) is 1.69. The van der Waals surface area contributed by atoms with E-state index in [0.717, 1.165) is 4.47 Å². The van der Waals surface area contributed by atoms with E-state index in [-0.39, 0.29) is 5.69 Å². The zero-order chi connectivity index (χ0) is 10.8. The molecule has 0 aliphatic heterocycles. The Labute approximate surface area is 93.1 Å². The minimum Gasteiger partial charge on any atom is -0.248 e. The lowest BCUT2D eigenvalue weighted by atomic mass is 10.2. The number of benzene rings is 1. The molecule has 5 nitrogen and oxygen atoms in total. The van der Waals surface area contributed by atoms with Crippen LogP contribution in [0.5, 0.6) is 0 Å². The van der Waals surface area contributed by atoms with Crippen molar-refractivity contribution in [2.24, 2.45) is 0 Å². The van der Waals surface area contributed by atoms with Crippen LogP contribution < -0.4 is 5.69 Å². The van der Waals surface area contributed by atoms with E-state index < -0.39 is 0 Å². The minimum absolute atomic E-state index is 0.367. The number of halogens is 1. The number of nitriles is 1. The van der Waals surface area contributed by atoms with Gasteiger partial charge in [0.15, 0.2) is 0 Å². The van der Waals surface area contributed by atoms with Gasteiger partial charge in [-0.3, -0.25) is 0 Å². The second-order valence-corrected chi connectivity index (χ2v) is 3.72. The number of hydrogen-bond acceptors (Lipinski definition) is 3. The molecule has 0 amide bonds. The van der Waals surface area contributed by atoms with Gasteiger partial charge in [0.05, 0.1) is 11.3 Å². The van der Waals surface area contributed by atoms with Crippen molar-refractivity contribution in [3.05, 3.63) is 45.0 Å². The topological polar surface area (TPSA) is 74.5 Å². The second kappa shape index (κ2) is 3.71. The van der Waals surface area contributed by atoms with E-state index in [9.17, 15) is 4.79 Å². The van der Waals surface area contributed by atoms with Gasteiger partial charge in [0.1, 0.15) is 12.4 Å². The van der Waals surface area contributed by atoms with Gasteiger partial charge in [-0.15, -0.1) is 0 Å². The molecule has 0 saturated carbocycles. The lowest BCUT2D eigenvalue weighted by Gasteiger charge is -2.02. The summed E-state index contributed by atoms with van der Waals surface area (Å²) in [4.78, 5) is 11.3. The quantitative estimate of drug-likeness (QED) is 0.841. The number of nitrogens with one attached hydrogen (secondary N) is 1. The van der Waals surface area contributed by atoms with E-state index in [1.807, 2.05) is 6.07 Å². The molecule has 1 N–H and O–H groups in total. The van der Waals surface area contributed by atoms with Gasteiger partial charge in [0.25, 0.3) is 0 Å². The Bertz CT molecular complexity index is 593. The van der Waals surface area contributed by atoms with Gasteiger partial charge in [0.2, 0.25) is 0 Å². The van der Waals surface area contributed by atoms with E-state index >= 15 is 0 Å². The van der Waals surface area contributed by atoms with E-state index in [1.165, 1.54) is 10.9 Å². The van der Waals surface area contributed by atoms with Gasteiger partial charge < -0.3 is 0 Å². The summed E-state index contributed by atoms with van der Waals surface area (Å²) in [5.41, 5.74) is 0.557. The Morgan fingerprint density at radius 1 is 1.53 bits per heavy atom. The maximum atomic E-state index is 11.3. The largest absolute Gasteiger partial charge is 0.347 e. The molecule has 0 aliphatic rings. The Balaban J connectivity index is 2.70. The van der Waals surface area contributed by atoms with Crippen LogP contribution in [-0.2, 0) is 0 Å². The summed E-state index contributed by atoms with van der Waals surface area (Å²) in [7, 11) is 0. The average Bonchev–Trinajstić information content (AvgIpc) is 2.64. The molecule has 0 saturated heterocycles. The molecular weight excluding hydrogens is 260 g/mol. The fraction of sp³-hybridized carbons (Fsp3) is 0. The highest BCUT2D eigenvalue weighted by atomic mass is 79.9. The molecule has 15 heavy (non-hydrogen) atoms. The molecule has 1 aromatic heterocycles. The van der Waals surface area contributed by atoms with E-state index in [1.54, 1.807) is 18.2 Å². The minimum atomic E-state index is -0.367. The molecule has 1 heterocycles. The normalized spacial score (nSPS) is 9.87. The average molecular weight is 265 g/mol. The molecule has 0 atom stereocenters. The molecular formula is C9H5BrN4O. The number of rotatable bonds is 1. The molecule has 74 valence electrons. The number of nitrogens with zero attached hydrogens (tertiary/aromatic N) is 3. The molecule has 6 heteroatoms. The van der Waals surface area contributed by atoms with E-state index in [4.69, 9.17) is 5.26 Å². The van der Waals surface area contributed by atoms with Gasteiger partial charge in [-0.1, -0.05) is 15.9 Å². The van der Waals surface area contributed by atoms with Crippen LogP contribution in [0.15, 0.2) is 33.8 Å². The number of aromatic amines is 1. The van der Waals surface area contributed by atoms with Crippen molar-refractivity contribution >= 4 is 15.9 Å². The van der Waals surface area contributed by atoms with Gasteiger partial charge in [-0.05, 0) is 18.2 Å². The maximum absolute atomic E-state index is 11.3. The van der Waals surface area contributed by atoms with Crippen molar-refractivity contribution in [1.29, 1.82) is 5.26 Å². The molecule has 0 aliphatic carbocycles. The Hall–Kier alpha value is -1.87. The van der Waals surface area contributed by atoms with Crippen LogP contribution in [0.3, 0.4) is 0 Å². The number of aromatic nitrogens is 3. The first kappa shape index (κ1) is 9.68. The third-order valence-electron chi connectivity index (χ3n) is 1.89. The molecule has 0 fully saturated rings. The third-order valence-corrected chi connectivity index (χ3v) is 2.38. The predicted molar refractivity (Wildman–Crippen MR) is 56.6 cm³/mol. The standard InChI is InChI=1S/C9H5BrN4O/c10-7-1-2-8(6(3-7)4-11)14-5-12-13-9(14)15/h1-3,5H,(H,13,15). The Kier molecular flexibility index (Phi) is 2.39. The molecule has 2 rings (SSSR count). The lowest BCUT2D eigenvalue weighted by molar-refractivity contribution is 0.978. The van der Waals surface area contributed by atoms with Crippen molar-refractivity contribution in [2.45, 2.75) is 0 Å². The monoisotopic (exact) mass is 264 g/mol. The van der Waals surface area contributed by atoms with Crippen LogP contribution >= 0.6 is 15.9 Å². The van der Waals surface area contributed by atoms with Crippen molar-refractivity contribution in [3.63, 3.8) is 0 Å². The highest BCUT2D eigenvalue weighted by Crippen LogP contribution is 2.17. The highest BCUT2D eigenvalue weighted by Gasteiger charge is 2.07. The summed E-state index contributed by atoms with van der Waals surface area (Å²) in [5, 5.41) is 14.8. The van der Waals surface area contributed by atoms with Gasteiger partial charge in [0, 0.05) is 4.47 Å². The molecule has 0 spiro atoms. The van der Waals surface area contributed by atoms with Crippen LogP contribution in [0.1, 0.15) is 5.56 Å². The van der Waals surface area contributed by atoms with E-state index in [2.05, 4.69) is 26.1 Å². The van der Waals surface area contributed by atoms with Crippen molar-refractivity contribution in [2.75, 3.05) is 0 Å². The smallest absolute Gasteiger partial charge is 0.248 e. The summed E-state index contributed by atoms with van der Waals surface area (Å²) < 4.78 is 2.07. The fourth-order valence-electron chi connectivity index (χ4n) is 1.23. The van der Waals surface area contributed by atoms with Crippen molar-refractivity contribution in [1.82, 2.24) is 14.8 Å². The highest BCUT2D eigenvalue weighted by molar-refractivity contribution is 9.10. The summed E-state index contributed by atoms with van der Waals surface area (Å²) in [6.07, 6.45) is 1.34. The first-order valence-electron chi connectivity index (χ1n) is 4.04. The van der Waals surface area contributed by atoms with Crippen molar-refractivity contribution in [3.8, 4) is 11.8 Å². The molecule has 0 radical (unpaired) electrons. The molecule has 0 bridgehead atoms. The zero-order valence-corrected chi connectivity index (χ0v) is 9.02. The summed E-state index contributed by atoms with van der Waals surface area (Å²) in [5.74, 6) is 0. The van der Waals surface area contributed by atoms with Crippen LogP contribution in [-0.4, -0.2) is 14.8 Å². The van der Waals surface area contributed by atoms with Crippen LogP contribution in [0.25, 0.3) is 5.69 Å². The summed E-state index contributed by atoms with van der Waals surface area (Å²) in [6.45, 7) is 0. The lowest BCUT2D eigenvalue weighted by Crippen LogP contribution is -2.15. The first-order valence-corrected chi connectivity index (χ1v) is 4.83. The van der Waals surface area contributed by atoms with Crippen LogP contribution in [0.4, 0.5) is 0 Å². The zero-order valence-electron chi connectivity index (χ0n) is 7.44.